The topological polar surface area (TPSA) is 56.2 Å². The van der Waals surface area contributed by atoms with Crippen molar-refractivity contribution in [1.82, 2.24) is 19.5 Å². The van der Waals surface area contributed by atoms with Gasteiger partial charge in [-0.2, -0.15) is 4.98 Å². The molecule has 0 aliphatic rings. The third-order valence-corrected chi connectivity index (χ3v) is 2.94. The minimum Gasteiger partial charge on any atom is -0.339 e. The predicted molar refractivity (Wildman–Crippen MR) is 65.6 cm³/mol. The van der Waals surface area contributed by atoms with Gasteiger partial charge in [-0.3, -0.25) is 4.40 Å². The van der Waals surface area contributed by atoms with Crippen molar-refractivity contribution in [2.75, 3.05) is 0 Å². The Morgan fingerprint density at radius 1 is 1.41 bits per heavy atom. The number of hydrogen-bond acceptors (Lipinski definition) is 4. The van der Waals surface area contributed by atoms with Crippen molar-refractivity contribution >= 4 is 21.6 Å². The van der Waals surface area contributed by atoms with E-state index in [-0.39, 0.29) is 0 Å². The molecule has 0 radical (unpaired) electrons. The zero-order valence-corrected chi connectivity index (χ0v) is 10.7. The van der Waals surface area contributed by atoms with E-state index in [1.54, 1.807) is 6.20 Å². The maximum absolute atomic E-state index is 5.10. The van der Waals surface area contributed by atoms with E-state index in [2.05, 4.69) is 31.1 Å². The highest BCUT2D eigenvalue weighted by Crippen LogP contribution is 2.20. The summed E-state index contributed by atoms with van der Waals surface area (Å²) in [5.74, 6) is 1.19. The van der Waals surface area contributed by atoms with Crippen LogP contribution in [0.1, 0.15) is 12.8 Å². The molecule has 17 heavy (non-hydrogen) atoms. The van der Waals surface area contributed by atoms with Crippen molar-refractivity contribution in [1.29, 1.82) is 0 Å². The molecule has 3 aromatic rings. The van der Waals surface area contributed by atoms with Gasteiger partial charge in [0, 0.05) is 17.1 Å². The van der Waals surface area contributed by atoms with Crippen LogP contribution in [0.4, 0.5) is 0 Å². The molecule has 86 valence electrons. The highest BCUT2D eigenvalue weighted by atomic mass is 79.9. The minimum absolute atomic E-state index is 0.562. The van der Waals surface area contributed by atoms with Crippen LogP contribution >= 0.6 is 15.9 Å². The molecule has 0 aliphatic carbocycles. The maximum atomic E-state index is 5.10. The van der Waals surface area contributed by atoms with Gasteiger partial charge < -0.3 is 4.52 Å². The van der Waals surface area contributed by atoms with Crippen molar-refractivity contribution in [3.63, 3.8) is 0 Å². The lowest BCUT2D eigenvalue weighted by Gasteiger charge is -1.97. The summed E-state index contributed by atoms with van der Waals surface area (Å²) in [7, 11) is 0. The molecule has 3 rings (SSSR count). The number of hydrogen-bond donors (Lipinski definition) is 0. The Hall–Kier alpha value is -1.69. The molecule has 0 saturated carbocycles. The summed E-state index contributed by atoms with van der Waals surface area (Å²) in [6, 6.07) is 3.87. The molecule has 0 aliphatic heterocycles. The number of aromatic nitrogens is 4. The Bertz CT molecular complexity index is 673. The summed E-state index contributed by atoms with van der Waals surface area (Å²) in [5, 5.41) is 3.95. The van der Waals surface area contributed by atoms with E-state index in [0.717, 1.165) is 22.2 Å². The van der Waals surface area contributed by atoms with Crippen molar-refractivity contribution < 1.29 is 4.52 Å². The van der Waals surface area contributed by atoms with Gasteiger partial charge in [0.1, 0.15) is 11.3 Å². The smallest absolute Gasteiger partial charge is 0.226 e. The number of fused-ring (bicyclic) bond motifs is 1. The molecule has 0 N–H and O–H groups in total. The Morgan fingerprint density at radius 3 is 3.06 bits per heavy atom. The molecule has 0 amide bonds. The Balaban J connectivity index is 2.19. The Labute approximate surface area is 106 Å². The van der Waals surface area contributed by atoms with E-state index in [1.165, 1.54) is 0 Å². The first-order chi connectivity index (χ1) is 8.28. The summed E-state index contributed by atoms with van der Waals surface area (Å²) in [6.07, 6.45) is 4.40. The maximum Gasteiger partial charge on any atom is 0.226 e. The molecule has 0 fully saturated rings. The molecule has 0 atom stereocenters. The van der Waals surface area contributed by atoms with E-state index < -0.39 is 0 Å². The zero-order valence-electron chi connectivity index (χ0n) is 9.09. The number of aryl methyl sites for hydroxylation is 1. The Morgan fingerprint density at radius 2 is 2.29 bits per heavy atom. The van der Waals surface area contributed by atoms with Crippen LogP contribution < -0.4 is 0 Å². The number of pyridine rings is 1. The largest absolute Gasteiger partial charge is 0.339 e. The molecule has 0 bridgehead atoms. The number of nitrogens with zero attached hydrogens (tertiary/aromatic N) is 4. The van der Waals surface area contributed by atoms with Gasteiger partial charge in [0.2, 0.25) is 11.7 Å². The second kappa shape index (κ2) is 3.96. The van der Waals surface area contributed by atoms with Crippen LogP contribution in [0.2, 0.25) is 0 Å². The van der Waals surface area contributed by atoms with E-state index in [1.807, 2.05) is 29.7 Å². The second-order valence-electron chi connectivity index (χ2n) is 3.58. The lowest BCUT2D eigenvalue weighted by molar-refractivity contribution is 0.382. The molecule has 3 heterocycles. The van der Waals surface area contributed by atoms with Gasteiger partial charge >= 0.3 is 0 Å². The van der Waals surface area contributed by atoms with Crippen LogP contribution in [0.25, 0.3) is 17.2 Å². The third kappa shape index (κ3) is 1.74. The van der Waals surface area contributed by atoms with E-state index in [4.69, 9.17) is 4.52 Å². The predicted octanol–water partition coefficient (Wildman–Crippen LogP) is 2.71. The lowest BCUT2D eigenvalue weighted by atomic mass is 10.4. The highest BCUT2D eigenvalue weighted by Gasteiger charge is 2.12. The number of imidazole rings is 1. The first-order valence-electron chi connectivity index (χ1n) is 5.23. The fourth-order valence-corrected chi connectivity index (χ4v) is 1.96. The first kappa shape index (κ1) is 10.5. The minimum atomic E-state index is 0.562. The molecule has 0 aromatic carbocycles. The summed E-state index contributed by atoms with van der Waals surface area (Å²) in [6.45, 7) is 1.97. The van der Waals surface area contributed by atoms with Crippen molar-refractivity contribution in [3.8, 4) is 11.5 Å². The summed E-state index contributed by atoms with van der Waals surface area (Å²) >= 11 is 3.43. The average Bonchev–Trinajstić information content (AvgIpc) is 2.93. The summed E-state index contributed by atoms with van der Waals surface area (Å²) < 4.78 is 8.00. The SMILES string of the molecule is CCc1nc(-c2cnc3ccc(Br)cn23)no1. The molecule has 5 nitrogen and oxygen atoms in total. The molecule has 6 heteroatoms. The first-order valence-corrected chi connectivity index (χ1v) is 6.03. The van der Waals surface area contributed by atoms with Crippen LogP contribution in [-0.4, -0.2) is 19.5 Å². The normalized spacial score (nSPS) is 11.2. The number of rotatable bonds is 2. The van der Waals surface area contributed by atoms with E-state index in [0.29, 0.717) is 11.7 Å². The molecular formula is C11H9BrN4O. The zero-order chi connectivity index (χ0) is 11.8. The van der Waals surface area contributed by atoms with Crippen molar-refractivity contribution in [2.45, 2.75) is 13.3 Å². The monoisotopic (exact) mass is 292 g/mol. The van der Waals surface area contributed by atoms with Crippen LogP contribution in [0.5, 0.6) is 0 Å². The van der Waals surface area contributed by atoms with Crippen LogP contribution in [0.15, 0.2) is 33.5 Å². The van der Waals surface area contributed by atoms with Gasteiger partial charge in [-0.25, -0.2) is 4.98 Å². The van der Waals surface area contributed by atoms with Gasteiger partial charge in [0.25, 0.3) is 0 Å². The van der Waals surface area contributed by atoms with Gasteiger partial charge in [-0.1, -0.05) is 12.1 Å². The highest BCUT2D eigenvalue weighted by molar-refractivity contribution is 9.10. The standard InChI is InChI=1S/C11H9BrN4O/c1-2-10-14-11(15-17-10)8-5-13-9-4-3-7(12)6-16(8)9/h3-6H,2H2,1H3. The fraction of sp³-hybridized carbons (Fsp3) is 0.182. The van der Waals surface area contributed by atoms with E-state index in [9.17, 15) is 0 Å². The van der Waals surface area contributed by atoms with Crippen LogP contribution in [0, 0.1) is 0 Å². The van der Waals surface area contributed by atoms with Gasteiger partial charge in [-0.15, -0.1) is 0 Å². The molecule has 0 saturated heterocycles. The molecular weight excluding hydrogens is 284 g/mol. The van der Waals surface area contributed by atoms with E-state index >= 15 is 0 Å². The molecule has 0 unspecified atom stereocenters. The van der Waals surface area contributed by atoms with Crippen LogP contribution in [0.3, 0.4) is 0 Å². The van der Waals surface area contributed by atoms with Crippen molar-refractivity contribution in [2.24, 2.45) is 0 Å². The summed E-state index contributed by atoms with van der Waals surface area (Å²) in [5.41, 5.74) is 1.68. The average molecular weight is 293 g/mol. The van der Waals surface area contributed by atoms with Gasteiger partial charge in [-0.05, 0) is 28.1 Å². The van der Waals surface area contributed by atoms with Crippen LogP contribution in [-0.2, 0) is 6.42 Å². The molecule has 3 aromatic heterocycles. The second-order valence-corrected chi connectivity index (χ2v) is 4.50. The summed E-state index contributed by atoms with van der Waals surface area (Å²) in [4.78, 5) is 8.59. The quantitative estimate of drug-likeness (QED) is 0.729. The fourth-order valence-electron chi connectivity index (χ4n) is 1.62. The lowest BCUT2D eigenvalue weighted by Crippen LogP contribution is -1.89. The number of halogens is 1. The Kier molecular flexibility index (Phi) is 2.44. The third-order valence-electron chi connectivity index (χ3n) is 2.47. The van der Waals surface area contributed by atoms with Gasteiger partial charge in [0.15, 0.2) is 0 Å². The molecule has 0 spiro atoms. The van der Waals surface area contributed by atoms with Crippen molar-refractivity contribution in [3.05, 3.63) is 34.9 Å². The van der Waals surface area contributed by atoms with Gasteiger partial charge in [0.05, 0.1) is 6.20 Å².